The van der Waals surface area contributed by atoms with Crippen LogP contribution >= 0.6 is 39.1 Å². The first kappa shape index (κ1) is 16.8. The van der Waals surface area contributed by atoms with Crippen LogP contribution in [-0.2, 0) is 6.54 Å². The summed E-state index contributed by atoms with van der Waals surface area (Å²) in [5.74, 6) is 0. The van der Waals surface area contributed by atoms with Gasteiger partial charge in [-0.15, -0.1) is 0 Å². The summed E-state index contributed by atoms with van der Waals surface area (Å²) in [6.45, 7) is 1.52. The second-order valence-electron chi connectivity index (χ2n) is 4.98. The maximum absolute atomic E-state index is 10.6. The number of rotatable bonds is 5. The molecule has 1 N–H and O–H groups in total. The van der Waals surface area contributed by atoms with Crippen molar-refractivity contribution in [3.63, 3.8) is 0 Å². The summed E-state index contributed by atoms with van der Waals surface area (Å²) in [6.07, 6.45) is 0.866. The minimum atomic E-state index is -0.821. The van der Waals surface area contributed by atoms with Gasteiger partial charge < -0.3 is 10.0 Å². The van der Waals surface area contributed by atoms with Gasteiger partial charge in [-0.3, -0.25) is 4.68 Å². The van der Waals surface area contributed by atoms with E-state index < -0.39 is 6.10 Å². The standard InChI is InChI=1S/C14H16BrCl2N3O/c1-19(2)5-6-20-13(10(15)8-18-20)14(21)9-3-4-11(16)12(17)7-9/h3-4,7-8,14,21H,5-6H2,1-2H3. The van der Waals surface area contributed by atoms with E-state index in [4.69, 9.17) is 23.2 Å². The van der Waals surface area contributed by atoms with Crippen LogP contribution in [0.25, 0.3) is 0 Å². The number of nitrogens with zero attached hydrogens (tertiary/aromatic N) is 3. The van der Waals surface area contributed by atoms with Crippen LogP contribution < -0.4 is 0 Å². The number of likely N-dealkylation sites (N-methyl/N-ethyl adjacent to an activating group) is 1. The van der Waals surface area contributed by atoms with Crippen LogP contribution in [0.1, 0.15) is 17.4 Å². The van der Waals surface area contributed by atoms with Crippen molar-refractivity contribution in [3.05, 3.63) is 50.2 Å². The molecule has 0 amide bonds. The van der Waals surface area contributed by atoms with E-state index in [1.807, 2.05) is 14.1 Å². The minimum absolute atomic E-state index is 0.420. The van der Waals surface area contributed by atoms with E-state index in [-0.39, 0.29) is 0 Å². The lowest BCUT2D eigenvalue weighted by Gasteiger charge is -2.17. The van der Waals surface area contributed by atoms with Crippen molar-refractivity contribution in [1.29, 1.82) is 0 Å². The summed E-state index contributed by atoms with van der Waals surface area (Å²) < 4.78 is 2.55. The molecule has 0 aliphatic rings. The number of halogens is 3. The Morgan fingerprint density at radius 3 is 2.67 bits per heavy atom. The van der Waals surface area contributed by atoms with Crippen molar-refractivity contribution >= 4 is 39.1 Å². The van der Waals surface area contributed by atoms with Crippen molar-refractivity contribution in [2.75, 3.05) is 20.6 Å². The van der Waals surface area contributed by atoms with Gasteiger partial charge in [-0.05, 0) is 47.7 Å². The Hall–Kier alpha value is -0.590. The molecule has 7 heteroatoms. The molecule has 1 aromatic carbocycles. The van der Waals surface area contributed by atoms with E-state index in [2.05, 4.69) is 25.9 Å². The fourth-order valence-corrected chi connectivity index (χ4v) is 2.78. The van der Waals surface area contributed by atoms with E-state index in [9.17, 15) is 5.11 Å². The molecule has 1 heterocycles. The molecule has 0 spiro atoms. The average molecular weight is 393 g/mol. The lowest BCUT2D eigenvalue weighted by Crippen LogP contribution is -2.21. The van der Waals surface area contributed by atoms with E-state index in [1.54, 1.807) is 29.1 Å². The fourth-order valence-electron chi connectivity index (χ4n) is 1.96. The summed E-state index contributed by atoms with van der Waals surface area (Å²) in [5, 5.41) is 15.8. The maximum Gasteiger partial charge on any atom is 0.122 e. The van der Waals surface area contributed by atoms with Gasteiger partial charge in [0.05, 0.1) is 33.0 Å². The molecule has 0 radical (unpaired) electrons. The first-order chi connectivity index (χ1) is 9.90. The summed E-state index contributed by atoms with van der Waals surface area (Å²) in [7, 11) is 3.99. The molecule has 1 aromatic heterocycles. The molecule has 114 valence electrons. The Bertz CT molecular complexity index is 631. The largest absolute Gasteiger partial charge is 0.382 e. The van der Waals surface area contributed by atoms with Crippen LogP contribution in [-0.4, -0.2) is 40.4 Å². The van der Waals surface area contributed by atoms with Crippen molar-refractivity contribution in [1.82, 2.24) is 14.7 Å². The zero-order valence-electron chi connectivity index (χ0n) is 11.7. The van der Waals surface area contributed by atoms with Crippen LogP contribution in [0.3, 0.4) is 0 Å². The molecule has 2 rings (SSSR count). The van der Waals surface area contributed by atoms with E-state index >= 15 is 0 Å². The van der Waals surface area contributed by atoms with Crippen LogP contribution in [0.4, 0.5) is 0 Å². The monoisotopic (exact) mass is 391 g/mol. The Balaban J connectivity index is 2.31. The van der Waals surface area contributed by atoms with E-state index in [0.717, 1.165) is 11.0 Å². The highest BCUT2D eigenvalue weighted by molar-refractivity contribution is 9.10. The van der Waals surface area contributed by atoms with Crippen molar-refractivity contribution < 1.29 is 5.11 Å². The molecule has 0 saturated heterocycles. The van der Waals surface area contributed by atoms with Gasteiger partial charge in [-0.2, -0.15) is 5.10 Å². The van der Waals surface area contributed by atoms with Gasteiger partial charge >= 0.3 is 0 Å². The van der Waals surface area contributed by atoms with Crippen LogP contribution in [0.2, 0.25) is 10.0 Å². The number of aromatic nitrogens is 2. The first-order valence-electron chi connectivity index (χ1n) is 6.39. The molecule has 0 aliphatic carbocycles. The molecule has 1 atom stereocenters. The Kier molecular flexibility index (Phi) is 5.68. The van der Waals surface area contributed by atoms with Crippen LogP contribution in [0.5, 0.6) is 0 Å². The summed E-state index contributed by atoms with van der Waals surface area (Å²) >= 11 is 15.4. The Labute approximate surface area is 142 Å². The second-order valence-corrected chi connectivity index (χ2v) is 6.65. The molecule has 4 nitrogen and oxygen atoms in total. The van der Waals surface area contributed by atoms with Gasteiger partial charge in [0.25, 0.3) is 0 Å². The molecule has 0 saturated carbocycles. The van der Waals surface area contributed by atoms with Gasteiger partial charge in [0.2, 0.25) is 0 Å². The SMILES string of the molecule is CN(C)CCn1ncc(Br)c1C(O)c1ccc(Cl)c(Cl)c1. The number of aliphatic hydroxyl groups is 1. The second kappa shape index (κ2) is 7.11. The van der Waals surface area contributed by atoms with Crippen molar-refractivity contribution in [2.24, 2.45) is 0 Å². The summed E-state index contributed by atoms with van der Waals surface area (Å²) in [6, 6.07) is 5.11. The molecule has 0 aliphatic heterocycles. The highest BCUT2D eigenvalue weighted by Crippen LogP contribution is 2.32. The number of benzene rings is 1. The summed E-state index contributed by atoms with van der Waals surface area (Å²) in [5.41, 5.74) is 1.38. The fraction of sp³-hybridized carbons (Fsp3) is 0.357. The Morgan fingerprint density at radius 2 is 2.05 bits per heavy atom. The normalized spacial score (nSPS) is 12.9. The molecular weight excluding hydrogens is 377 g/mol. The minimum Gasteiger partial charge on any atom is -0.382 e. The Morgan fingerprint density at radius 1 is 1.33 bits per heavy atom. The van der Waals surface area contributed by atoms with Gasteiger partial charge in [-0.25, -0.2) is 0 Å². The topological polar surface area (TPSA) is 41.3 Å². The van der Waals surface area contributed by atoms with Crippen molar-refractivity contribution in [3.8, 4) is 0 Å². The van der Waals surface area contributed by atoms with Crippen molar-refractivity contribution in [2.45, 2.75) is 12.6 Å². The van der Waals surface area contributed by atoms with Gasteiger partial charge in [-0.1, -0.05) is 29.3 Å². The molecular formula is C14H16BrCl2N3O. The lowest BCUT2D eigenvalue weighted by molar-refractivity contribution is 0.205. The maximum atomic E-state index is 10.6. The predicted octanol–water partition coefficient (Wildman–Crippen LogP) is 3.60. The third kappa shape index (κ3) is 3.99. The smallest absolute Gasteiger partial charge is 0.122 e. The molecule has 1 unspecified atom stereocenters. The van der Waals surface area contributed by atoms with Gasteiger partial charge in [0.15, 0.2) is 0 Å². The van der Waals surface area contributed by atoms with E-state index in [0.29, 0.717) is 27.8 Å². The molecule has 0 bridgehead atoms. The van der Waals surface area contributed by atoms with Crippen LogP contribution in [0, 0.1) is 0 Å². The number of aliphatic hydroxyl groups excluding tert-OH is 1. The zero-order valence-corrected chi connectivity index (χ0v) is 14.8. The molecule has 2 aromatic rings. The van der Waals surface area contributed by atoms with Crippen LogP contribution in [0.15, 0.2) is 28.9 Å². The molecule has 0 fully saturated rings. The van der Waals surface area contributed by atoms with Gasteiger partial charge in [0.1, 0.15) is 6.10 Å². The number of hydrogen-bond acceptors (Lipinski definition) is 3. The first-order valence-corrected chi connectivity index (χ1v) is 7.94. The summed E-state index contributed by atoms with van der Waals surface area (Å²) in [4.78, 5) is 2.06. The van der Waals surface area contributed by atoms with Gasteiger partial charge in [0, 0.05) is 6.54 Å². The predicted molar refractivity (Wildman–Crippen MR) is 89.0 cm³/mol. The van der Waals surface area contributed by atoms with E-state index in [1.165, 1.54) is 0 Å². The zero-order chi connectivity index (χ0) is 15.6. The quantitative estimate of drug-likeness (QED) is 0.845. The third-order valence-corrected chi connectivity index (χ3v) is 4.46. The molecule has 21 heavy (non-hydrogen) atoms. The average Bonchev–Trinajstić information content (AvgIpc) is 2.80. The third-order valence-electron chi connectivity index (χ3n) is 3.11. The highest BCUT2D eigenvalue weighted by atomic mass is 79.9. The highest BCUT2D eigenvalue weighted by Gasteiger charge is 2.20. The lowest BCUT2D eigenvalue weighted by atomic mass is 10.1. The number of hydrogen-bond donors (Lipinski definition) is 1.